The predicted molar refractivity (Wildman–Crippen MR) is 151 cm³/mol. The number of carbonyl (C=O) groups excluding carboxylic acids is 3. The second-order valence-electron chi connectivity index (χ2n) is 11.9. The number of benzene rings is 2. The number of carbonyl (C=O) groups is 3. The lowest BCUT2D eigenvalue weighted by atomic mass is 10.0. The first-order valence-corrected chi connectivity index (χ1v) is 14.7. The molecule has 0 bridgehead atoms. The summed E-state index contributed by atoms with van der Waals surface area (Å²) >= 11 is 0. The highest BCUT2D eigenvalue weighted by molar-refractivity contribution is 6.04. The first-order valence-electron chi connectivity index (χ1n) is 14.7. The van der Waals surface area contributed by atoms with Gasteiger partial charge in [0.1, 0.15) is 23.2 Å². The van der Waals surface area contributed by atoms with Crippen molar-refractivity contribution in [3.8, 4) is 5.75 Å². The summed E-state index contributed by atoms with van der Waals surface area (Å²) in [4.78, 5) is 44.6. The van der Waals surface area contributed by atoms with E-state index in [1.165, 1.54) is 5.01 Å². The van der Waals surface area contributed by atoms with Crippen LogP contribution in [0.3, 0.4) is 0 Å². The number of aromatic nitrogens is 1. The van der Waals surface area contributed by atoms with E-state index < -0.39 is 0 Å². The fourth-order valence-electron chi connectivity index (χ4n) is 6.63. The van der Waals surface area contributed by atoms with Crippen molar-refractivity contribution < 1.29 is 28.2 Å². The van der Waals surface area contributed by atoms with Gasteiger partial charge in [0.05, 0.1) is 13.2 Å². The minimum Gasteiger partial charge on any atom is -0.489 e. The normalized spacial score (nSPS) is 24.7. The zero-order valence-corrected chi connectivity index (χ0v) is 23.6. The van der Waals surface area contributed by atoms with Gasteiger partial charge < -0.3 is 9.47 Å². The van der Waals surface area contributed by atoms with Crippen LogP contribution in [-0.2, 0) is 27.4 Å². The van der Waals surface area contributed by atoms with E-state index in [1.807, 2.05) is 24.3 Å². The van der Waals surface area contributed by atoms with Gasteiger partial charge in [-0.05, 0) is 60.4 Å². The number of hydrazine groups is 1. The van der Waals surface area contributed by atoms with Gasteiger partial charge in [-0.2, -0.15) is 5.01 Å². The van der Waals surface area contributed by atoms with Crippen LogP contribution >= 0.6 is 0 Å². The molecule has 3 amide bonds. The number of halogens is 1. The highest BCUT2D eigenvalue weighted by Gasteiger charge is 2.39. The molecule has 0 N–H and O–H groups in total. The number of amides is 3. The van der Waals surface area contributed by atoms with Crippen molar-refractivity contribution in [3.05, 3.63) is 70.7 Å². The van der Waals surface area contributed by atoms with Gasteiger partial charge in [0.15, 0.2) is 0 Å². The maximum absolute atomic E-state index is 15.1. The summed E-state index contributed by atoms with van der Waals surface area (Å²) < 4.78 is 27.0. The van der Waals surface area contributed by atoms with E-state index in [9.17, 15) is 14.4 Å². The van der Waals surface area contributed by atoms with Crippen LogP contribution in [0.2, 0.25) is 0 Å². The Morgan fingerprint density at radius 3 is 2.67 bits per heavy atom. The Morgan fingerprint density at radius 2 is 1.88 bits per heavy atom. The van der Waals surface area contributed by atoms with Crippen LogP contribution in [0.4, 0.5) is 4.39 Å². The second kappa shape index (κ2) is 10.7. The first-order chi connectivity index (χ1) is 20.3. The third-order valence-corrected chi connectivity index (χ3v) is 8.84. The van der Waals surface area contributed by atoms with Gasteiger partial charge in [-0.3, -0.25) is 19.3 Å². The molecule has 0 radical (unpaired) electrons. The molecule has 10 heteroatoms. The summed E-state index contributed by atoms with van der Waals surface area (Å²) in [6.45, 7) is 5.73. The molecule has 3 saturated heterocycles. The third kappa shape index (κ3) is 4.92. The van der Waals surface area contributed by atoms with Gasteiger partial charge in [0, 0.05) is 67.6 Å². The molecular formula is C32H33FN4O5. The van der Waals surface area contributed by atoms with E-state index in [1.54, 1.807) is 18.2 Å². The van der Waals surface area contributed by atoms with E-state index >= 15 is 4.39 Å². The van der Waals surface area contributed by atoms with Gasteiger partial charge >= 0.3 is 0 Å². The highest BCUT2D eigenvalue weighted by atomic mass is 19.1. The monoisotopic (exact) mass is 572 g/mol. The van der Waals surface area contributed by atoms with E-state index in [2.05, 4.69) is 16.8 Å². The Hall–Kier alpha value is -3.89. The van der Waals surface area contributed by atoms with Crippen LogP contribution in [0, 0.1) is 11.7 Å². The lowest BCUT2D eigenvalue weighted by Gasteiger charge is -2.32. The molecule has 218 valence electrons. The SMILES string of the molecule is C[C@@H]1CN(Cc2cc(F)c3nc([C@H]4CCOC4)ccc3c2)C[C@H]1Oc1ccc2c(c1)CN(N1C(=O)CCCC1=O)C2=O. The number of rotatable bonds is 6. The molecular weight excluding hydrogens is 539 g/mol. The van der Waals surface area contributed by atoms with Crippen molar-refractivity contribution >= 4 is 28.6 Å². The lowest BCUT2D eigenvalue weighted by molar-refractivity contribution is -0.163. The third-order valence-electron chi connectivity index (χ3n) is 8.84. The Kier molecular flexibility index (Phi) is 6.90. The minimum absolute atomic E-state index is 0.0790. The Bertz CT molecular complexity index is 1570. The fourth-order valence-corrected chi connectivity index (χ4v) is 6.63. The number of likely N-dealkylation sites (tertiary alicyclic amines) is 1. The molecule has 3 fully saturated rings. The molecule has 5 heterocycles. The number of piperidine rings is 1. The van der Waals surface area contributed by atoms with Crippen molar-refractivity contribution in [1.82, 2.24) is 19.9 Å². The van der Waals surface area contributed by atoms with E-state index in [0.717, 1.165) is 46.8 Å². The Balaban J connectivity index is 1.01. The highest BCUT2D eigenvalue weighted by Crippen LogP contribution is 2.32. The number of hydrogen-bond donors (Lipinski definition) is 0. The van der Waals surface area contributed by atoms with Crippen molar-refractivity contribution in [1.29, 1.82) is 0 Å². The summed E-state index contributed by atoms with van der Waals surface area (Å²) in [5, 5.41) is 3.06. The summed E-state index contributed by atoms with van der Waals surface area (Å²) in [7, 11) is 0. The maximum atomic E-state index is 15.1. The summed E-state index contributed by atoms with van der Waals surface area (Å²) in [5.74, 6) is -0.219. The van der Waals surface area contributed by atoms with Crippen molar-refractivity contribution in [2.75, 3.05) is 26.3 Å². The van der Waals surface area contributed by atoms with Crippen LogP contribution in [-0.4, -0.2) is 70.0 Å². The van der Waals surface area contributed by atoms with Crippen LogP contribution in [0.15, 0.2) is 42.5 Å². The maximum Gasteiger partial charge on any atom is 0.273 e. The minimum atomic E-state index is -0.345. The molecule has 9 nitrogen and oxygen atoms in total. The zero-order chi connectivity index (χ0) is 29.0. The summed E-state index contributed by atoms with van der Waals surface area (Å²) in [6, 6.07) is 12.9. The number of imide groups is 1. The summed E-state index contributed by atoms with van der Waals surface area (Å²) in [6.07, 6.45) is 1.87. The first kappa shape index (κ1) is 27.0. The molecule has 7 rings (SSSR count). The zero-order valence-electron chi connectivity index (χ0n) is 23.6. The van der Waals surface area contributed by atoms with Crippen molar-refractivity contribution in [2.45, 2.75) is 57.7 Å². The smallest absolute Gasteiger partial charge is 0.273 e. The number of fused-ring (bicyclic) bond motifs is 2. The van der Waals surface area contributed by atoms with Gasteiger partial charge in [-0.15, -0.1) is 0 Å². The lowest BCUT2D eigenvalue weighted by Crippen LogP contribution is -2.51. The van der Waals surface area contributed by atoms with Crippen LogP contribution in [0.25, 0.3) is 10.9 Å². The molecule has 0 unspecified atom stereocenters. The molecule has 0 aliphatic carbocycles. The average molecular weight is 573 g/mol. The molecule has 2 aromatic carbocycles. The van der Waals surface area contributed by atoms with E-state index in [-0.39, 0.29) is 60.9 Å². The van der Waals surface area contributed by atoms with Gasteiger partial charge in [0.2, 0.25) is 11.8 Å². The number of pyridine rings is 1. The van der Waals surface area contributed by atoms with Crippen LogP contribution < -0.4 is 4.74 Å². The molecule has 1 aromatic heterocycles. The standard InChI is InChI=1S/C32H33FN4O5/c1-19-14-35(15-20-11-21-5-8-27(22-9-10-41-18-22)34-31(21)26(33)12-20)17-28(19)42-24-6-7-25-23(13-24)16-36(32(25)40)37-29(38)3-2-4-30(37)39/h5-8,11-13,19,22,28H,2-4,9-10,14-18H2,1H3/t19-,22+,28-/m1/s1. The van der Waals surface area contributed by atoms with Gasteiger partial charge in [-0.1, -0.05) is 13.0 Å². The molecule has 42 heavy (non-hydrogen) atoms. The van der Waals surface area contributed by atoms with Gasteiger partial charge in [0.25, 0.3) is 5.91 Å². The molecule has 4 aliphatic rings. The van der Waals surface area contributed by atoms with Gasteiger partial charge in [-0.25, -0.2) is 14.4 Å². The molecule has 4 aliphatic heterocycles. The Labute approximate surface area is 243 Å². The summed E-state index contributed by atoms with van der Waals surface area (Å²) in [5.41, 5.74) is 3.39. The molecule has 3 aromatic rings. The van der Waals surface area contributed by atoms with E-state index in [0.29, 0.717) is 42.9 Å². The van der Waals surface area contributed by atoms with Crippen molar-refractivity contribution in [3.63, 3.8) is 0 Å². The fraction of sp³-hybridized carbons (Fsp3) is 0.438. The van der Waals surface area contributed by atoms with E-state index in [4.69, 9.17) is 9.47 Å². The predicted octanol–water partition coefficient (Wildman–Crippen LogP) is 4.19. The quantitative estimate of drug-likeness (QED) is 0.409. The topological polar surface area (TPSA) is 92.3 Å². The van der Waals surface area contributed by atoms with Crippen LogP contribution in [0.5, 0.6) is 5.75 Å². The number of hydrogen-bond acceptors (Lipinski definition) is 7. The molecule has 3 atom stereocenters. The number of nitrogens with zero attached hydrogens (tertiary/aromatic N) is 4. The largest absolute Gasteiger partial charge is 0.489 e. The number of ether oxygens (including phenoxy) is 2. The Morgan fingerprint density at radius 1 is 1.05 bits per heavy atom. The van der Waals surface area contributed by atoms with Crippen molar-refractivity contribution in [2.24, 2.45) is 5.92 Å². The molecule has 0 saturated carbocycles. The van der Waals surface area contributed by atoms with Crippen LogP contribution in [0.1, 0.15) is 65.7 Å². The second-order valence-corrected chi connectivity index (χ2v) is 11.9. The average Bonchev–Trinajstić information content (AvgIpc) is 3.69. The molecule has 0 spiro atoms.